The monoisotopic (exact) mass is 689 g/mol. The third kappa shape index (κ3) is 9.27. The smallest absolute Gasteiger partial charge is 0.355 e. The second kappa shape index (κ2) is 16.2. The molecule has 0 aliphatic rings. The lowest BCUT2D eigenvalue weighted by Gasteiger charge is -2.17. The standard InChI is InChI=1S/C22H25FN4O3.C14H16FN3O2/c1-14(2)27-21(28)25-20(24-18-9-11-19(12-10-18)30-15(3)4)26(22(27)29)13-16-5-7-17(23)8-6-16;1-9(2)18-13(19)16-10(3)17(14(18)20)8-11-4-6-12(15)7-5-11/h5-12,14-15H,13H2,1-4H3,(H,24,25,28);4-7,9H,8H2,1-3H3. The lowest BCUT2D eigenvalue weighted by Crippen LogP contribution is -2.43. The molecule has 5 rings (SSSR count). The van der Waals surface area contributed by atoms with Crippen LogP contribution in [-0.2, 0) is 13.1 Å². The predicted octanol–water partition coefficient (Wildman–Crippen LogP) is 5.19. The molecule has 264 valence electrons. The molecule has 0 saturated carbocycles. The summed E-state index contributed by atoms with van der Waals surface area (Å²) in [5.74, 6) is 0.480. The van der Waals surface area contributed by atoms with Gasteiger partial charge in [0.05, 0.1) is 19.2 Å². The largest absolute Gasteiger partial charge is 0.491 e. The number of hydrogen-bond acceptors (Lipinski definition) is 8. The quantitative estimate of drug-likeness (QED) is 0.212. The van der Waals surface area contributed by atoms with Crippen molar-refractivity contribution in [2.45, 2.75) is 79.7 Å². The van der Waals surface area contributed by atoms with E-state index in [1.807, 2.05) is 13.8 Å². The Hall–Kier alpha value is -5.66. The second-order valence-electron chi connectivity index (χ2n) is 12.4. The van der Waals surface area contributed by atoms with Crippen LogP contribution in [-0.4, -0.2) is 34.3 Å². The SMILES string of the molecule is CC(C)Oc1ccc(Nc2nc(=O)n(C(C)C)c(=O)n2Cc2ccc(F)cc2)cc1.Cc1nc(=O)n(C(C)C)c(=O)n1Cc1ccc(F)cc1. The topological polar surface area (TPSA) is 135 Å². The first-order valence-electron chi connectivity index (χ1n) is 16.1. The van der Waals surface area contributed by atoms with Gasteiger partial charge >= 0.3 is 22.8 Å². The summed E-state index contributed by atoms with van der Waals surface area (Å²) in [5.41, 5.74) is 0.0572. The lowest BCUT2D eigenvalue weighted by atomic mass is 10.2. The zero-order valence-corrected chi connectivity index (χ0v) is 29.1. The molecule has 0 aliphatic heterocycles. The minimum Gasteiger partial charge on any atom is -0.491 e. The van der Waals surface area contributed by atoms with Crippen molar-refractivity contribution in [2.75, 3.05) is 5.32 Å². The van der Waals surface area contributed by atoms with Gasteiger partial charge < -0.3 is 10.1 Å². The lowest BCUT2D eigenvalue weighted by molar-refractivity contribution is 0.242. The number of benzene rings is 3. The fourth-order valence-corrected chi connectivity index (χ4v) is 4.98. The maximum atomic E-state index is 13.3. The van der Waals surface area contributed by atoms with Crippen LogP contribution in [0, 0.1) is 18.6 Å². The predicted molar refractivity (Wildman–Crippen MR) is 188 cm³/mol. The van der Waals surface area contributed by atoms with Crippen LogP contribution in [0.15, 0.2) is 92.0 Å². The molecule has 0 radical (unpaired) electrons. The van der Waals surface area contributed by atoms with Gasteiger partial charge in [0, 0.05) is 17.8 Å². The molecule has 0 bridgehead atoms. The Bertz CT molecular complexity index is 2150. The Morgan fingerprint density at radius 3 is 1.54 bits per heavy atom. The van der Waals surface area contributed by atoms with Gasteiger partial charge in [-0.3, -0.25) is 9.13 Å². The Balaban J connectivity index is 0.000000244. The molecule has 0 atom stereocenters. The van der Waals surface area contributed by atoms with Crippen molar-refractivity contribution in [1.82, 2.24) is 28.2 Å². The van der Waals surface area contributed by atoms with Gasteiger partial charge in [-0.15, -0.1) is 0 Å². The minimum atomic E-state index is -0.632. The summed E-state index contributed by atoms with van der Waals surface area (Å²) in [7, 11) is 0. The number of aromatic nitrogens is 6. The average Bonchev–Trinajstić information content (AvgIpc) is 3.03. The highest BCUT2D eigenvalue weighted by atomic mass is 19.1. The molecule has 5 aromatic rings. The number of aryl methyl sites for hydroxylation is 1. The summed E-state index contributed by atoms with van der Waals surface area (Å²) in [5, 5.41) is 3.04. The second-order valence-corrected chi connectivity index (χ2v) is 12.4. The van der Waals surface area contributed by atoms with Gasteiger partial charge in [-0.25, -0.2) is 37.1 Å². The Morgan fingerprint density at radius 2 is 1.08 bits per heavy atom. The molecule has 1 N–H and O–H groups in total. The summed E-state index contributed by atoms with van der Waals surface area (Å²) in [6.07, 6.45) is 0.0509. The van der Waals surface area contributed by atoms with E-state index in [9.17, 15) is 28.0 Å². The summed E-state index contributed by atoms with van der Waals surface area (Å²) < 4.78 is 36.7. The average molecular weight is 690 g/mol. The maximum absolute atomic E-state index is 13.3. The normalized spacial score (nSPS) is 11.1. The number of rotatable bonds is 10. The summed E-state index contributed by atoms with van der Waals surface area (Å²) in [6, 6.07) is 18.2. The Labute approximate surface area is 287 Å². The van der Waals surface area contributed by atoms with Crippen molar-refractivity contribution in [3.8, 4) is 5.75 Å². The summed E-state index contributed by atoms with van der Waals surface area (Å²) >= 11 is 0. The van der Waals surface area contributed by atoms with E-state index >= 15 is 0 Å². The van der Waals surface area contributed by atoms with E-state index in [0.717, 1.165) is 14.7 Å². The van der Waals surface area contributed by atoms with Crippen LogP contribution in [0.3, 0.4) is 0 Å². The molecule has 50 heavy (non-hydrogen) atoms. The van der Waals surface area contributed by atoms with Gasteiger partial charge in [-0.2, -0.15) is 9.97 Å². The van der Waals surface area contributed by atoms with Gasteiger partial charge in [-0.05, 0) is 108 Å². The van der Waals surface area contributed by atoms with E-state index < -0.39 is 22.8 Å². The summed E-state index contributed by atoms with van der Waals surface area (Å²) in [4.78, 5) is 57.5. The van der Waals surface area contributed by atoms with E-state index in [2.05, 4.69) is 15.3 Å². The van der Waals surface area contributed by atoms with Crippen molar-refractivity contribution >= 4 is 11.6 Å². The van der Waals surface area contributed by atoms with Crippen LogP contribution in [0.2, 0.25) is 0 Å². The highest BCUT2D eigenvalue weighted by Gasteiger charge is 2.17. The van der Waals surface area contributed by atoms with Crippen molar-refractivity contribution in [2.24, 2.45) is 0 Å². The van der Waals surface area contributed by atoms with E-state index in [1.54, 1.807) is 83.1 Å². The highest BCUT2D eigenvalue weighted by molar-refractivity contribution is 5.54. The molecule has 12 nitrogen and oxygen atoms in total. The van der Waals surface area contributed by atoms with Crippen molar-refractivity contribution in [3.63, 3.8) is 0 Å². The molecule has 0 aliphatic carbocycles. The molecule has 0 unspecified atom stereocenters. The zero-order chi connectivity index (χ0) is 36.7. The van der Waals surface area contributed by atoms with Crippen LogP contribution >= 0.6 is 0 Å². The van der Waals surface area contributed by atoms with E-state index in [-0.39, 0.29) is 48.9 Å². The Kier molecular flexibility index (Phi) is 12.0. The number of halogens is 2. The van der Waals surface area contributed by atoms with Gasteiger partial charge in [0.2, 0.25) is 5.95 Å². The number of nitrogens with one attached hydrogen (secondary N) is 1. The molecule has 14 heteroatoms. The molecule has 2 aromatic heterocycles. The fourth-order valence-electron chi connectivity index (χ4n) is 4.98. The molecule has 0 amide bonds. The zero-order valence-electron chi connectivity index (χ0n) is 29.1. The number of nitrogens with zero attached hydrogens (tertiary/aromatic N) is 6. The molecular weight excluding hydrogens is 648 g/mol. The molecule has 0 fully saturated rings. The first-order valence-corrected chi connectivity index (χ1v) is 16.1. The molecule has 2 heterocycles. The van der Waals surface area contributed by atoms with Crippen LogP contribution < -0.4 is 32.8 Å². The van der Waals surface area contributed by atoms with E-state index in [1.165, 1.54) is 33.4 Å². The van der Waals surface area contributed by atoms with Gasteiger partial charge in [0.15, 0.2) is 0 Å². The maximum Gasteiger partial charge on any atom is 0.355 e. The molecule has 3 aromatic carbocycles. The first kappa shape index (κ1) is 37.2. The van der Waals surface area contributed by atoms with Crippen molar-refractivity contribution in [3.05, 3.63) is 143 Å². The molecular formula is C36H41F2N7O5. The van der Waals surface area contributed by atoms with Crippen LogP contribution in [0.25, 0.3) is 0 Å². The number of anilines is 2. The van der Waals surface area contributed by atoms with Gasteiger partial charge in [-0.1, -0.05) is 24.3 Å². The highest BCUT2D eigenvalue weighted by Crippen LogP contribution is 2.20. The first-order chi connectivity index (χ1) is 23.6. The van der Waals surface area contributed by atoms with Crippen molar-refractivity contribution in [1.29, 1.82) is 0 Å². The van der Waals surface area contributed by atoms with Gasteiger partial charge in [0.25, 0.3) is 0 Å². The number of hydrogen-bond donors (Lipinski definition) is 1. The van der Waals surface area contributed by atoms with Crippen LogP contribution in [0.5, 0.6) is 5.75 Å². The van der Waals surface area contributed by atoms with Gasteiger partial charge in [0.1, 0.15) is 23.2 Å². The van der Waals surface area contributed by atoms with E-state index in [0.29, 0.717) is 22.8 Å². The fraction of sp³-hybridized carbons (Fsp3) is 0.333. The van der Waals surface area contributed by atoms with Crippen LogP contribution in [0.1, 0.15) is 70.6 Å². The van der Waals surface area contributed by atoms with Crippen molar-refractivity contribution < 1.29 is 13.5 Å². The number of ether oxygens (including phenoxy) is 1. The Morgan fingerprint density at radius 1 is 0.640 bits per heavy atom. The third-order valence-corrected chi connectivity index (χ3v) is 7.41. The molecule has 0 spiro atoms. The molecule has 0 saturated heterocycles. The van der Waals surface area contributed by atoms with Crippen LogP contribution in [0.4, 0.5) is 20.4 Å². The summed E-state index contributed by atoms with van der Waals surface area (Å²) in [6.45, 7) is 12.9. The van der Waals surface area contributed by atoms with E-state index in [4.69, 9.17) is 4.74 Å². The minimum absolute atomic E-state index is 0.0509. The third-order valence-electron chi connectivity index (χ3n) is 7.41.